The van der Waals surface area contributed by atoms with Gasteiger partial charge in [-0.3, -0.25) is 9.59 Å². The van der Waals surface area contributed by atoms with Crippen molar-refractivity contribution in [2.75, 3.05) is 18.8 Å². The number of anilines is 1. The van der Waals surface area contributed by atoms with Crippen molar-refractivity contribution < 1.29 is 14.7 Å². The first-order valence-corrected chi connectivity index (χ1v) is 4.70. The Morgan fingerprint density at radius 2 is 2.24 bits per heavy atom. The minimum absolute atomic E-state index is 0.0861. The Labute approximate surface area is 98.1 Å². The van der Waals surface area contributed by atoms with E-state index in [1.807, 2.05) is 0 Å². The van der Waals surface area contributed by atoms with E-state index in [1.54, 1.807) is 0 Å². The lowest BCUT2D eigenvalue weighted by atomic mass is 10.3. The Morgan fingerprint density at radius 3 is 2.71 bits per heavy atom. The zero-order valence-electron chi connectivity index (χ0n) is 8.96. The smallest absolute Gasteiger partial charge is 0.323 e. The molecule has 0 spiro atoms. The van der Waals surface area contributed by atoms with Gasteiger partial charge >= 0.3 is 5.97 Å². The molecule has 0 fully saturated rings. The number of hydrogen-bond acceptors (Lipinski definition) is 4. The zero-order chi connectivity index (χ0) is 12.8. The van der Waals surface area contributed by atoms with Gasteiger partial charge in [0.25, 0.3) is 5.91 Å². The van der Waals surface area contributed by atoms with E-state index in [-0.39, 0.29) is 12.2 Å². The van der Waals surface area contributed by atoms with Gasteiger partial charge in [-0.1, -0.05) is 5.92 Å². The van der Waals surface area contributed by atoms with Gasteiger partial charge < -0.3 is 15.7 Å². The topological polar surface area (TPSA) is 96.5 Å². The molecule has 88 valence electrons. The third-order valence-corrected chi connectivity index (χ3v) is 1.90. The third-order valence-electron chi connectivity index (χ3n) is 1.90. The van der Waals surface area contributed by atoms with Crippen LogP contribution >= 0.6 is 0 Å². The molecule has 0 bridgehead atoms. The Balaban J connectivity index is 2.88. The molecule has 3 N–H and O–H groups in total. The molecule has 0 aliphatic heterocycles. The molecular formula is C11H11N3O3. The van der Waals surface area contributed by atoms with Crippen LogP contribution in [0.1, 0.15) is 10.5 Å². The first kappa shape index (κ1) is 12.5. The zero-order valence-corrected chi connectivity index (χ0v) is 8.96. The van der Waals surface area contributed by atoms with Crippen molar-refractivity contribution in [1.82, 2.24) is 9.88 Å². The number of nitrogens with two attached hydrogens (primary N) is 1. The van der Waals surface area contributed by atoms with E-state index in [1.165, 1.54) is 18.3 Å². The van der Waals surface area contributed by atoms with E-state index in [4.69, 9.17) is 17.3 Å². The van der Waals surface area contributed by atoms with Gasteiger partial charge in [0, 0.05) is 0 Å². The summed E-state index contributed by atoms with van der Waals surface area (Å²) < 4.78 is 0. The van der Waals surface area contributed by atoms with Gasteiger partial charge in [0.05, 0.1) is 18.4 Å². The maximum absolute atomic E-state index is 11.8. The number of amides is 1. The first-order valence-electron chi connectivity index (χ1n) is 4.70. The van der Waals surface area contributed by atoms with Crippen molar-refractivity contribution in [3.8, 4) is 12.3 Å². The molecule has 0 aromatic carbocycles. The molecule has 1 aromatic heterocycles. The molecule has 0 saturated carbocycles. The predicted octanol–water partition coefficient (Wildman–Crippen LogP) is -0.176. The Bertz CT molecular complexity index is 462. The van der Waals surface area contributed by atoms with E-state index >= 15 is 0 Å². The molecule has 6 heteroatoms. The molecule has 1 heterocycles. The fourth-order valence-corrected chi connectivity index (χ4v) is 1.17. The van der Waals surface area contributed by atoms with Crippen LogP contribution in [0.5, 0.6) is 0 Å². The highest BCUT2D eigenvalue weighted by Gasteiger charge is 2.18. The normalized spacial score (nSPS) is 9.35. The van der Waals surface area contributed by atoms with Crippen molar-refractivity contribution >= 4 is 17.6 Å². The quantitative estimate of drug-likeness (QED) is 0.703. The number of terminal acetylenes is 1. The monoisotopic (exact) mass is 233 g/mol. The summed E-state index contributed by atoms with van der Waals surface area (Å²) in [5.41, 5.74) is 5.96. The van der Waals surface area contributed by atoms with Gasteiger partial charge in [0.1, 0.15) is 12.2 Å². The molecule has 0 atom stereocenters. The minimum atomic E-state index is -1.14. The number of pyridine rings is 1. The number of aliphatic carboxylic acids is 1. The number of nitrogens with zero attached hydrogens (tertiary/aromatic N) is 2. The number of aromatic nitrogens is 1. The number of hydrogen-bond donors (Lipinski definition) is 2. The summed E-state index contributed by atoms with van der Waals surface area (Å²) in [6.45, 7) is -0.549. The number of nitrogen functional groups attached to an aromatic ring is 1. The van der Waals surface area contributed by atoms with E-state index in [9.17, 15) is 9.59 Å². The van der Waals surface area contributed by atoms with Crippen molar-refractivity contribution in [2.24, 2.45) is 0 Å². The fourth-order valence-electron chi connectivity index (χ4n) is 1.17. The van der Waals surface area contributed by atoms with E-state index in [0.717, 1.165) is 4.90 Å². The second kappa shape index (κ2) is 5.51. The fraction of sp³-hybridized carbons (Fsp3) is 0.182. The van der Waals surface area contributed by atoms with Crippen LogP contribution in [-0.4, -0.2) is 40.0 Å². The van der Waals surface area contributed by atoms with Crippen molar-refractivity contribution in [3.63, 3.8) is 0 Å². The molecule has 0 unspecified atom stereocenters. The van der Waals surface area contributed by atoms with Crippen molar-refractivity contribution in [3.05, 3.63) is 24.0 Å². The number of carbonyl (C=O) groups is 2. The number of rotatable bonds is 4. The van der Waals surface area contributed by atoms with Gasteiger partial charge in [-0.25, -0.2) is 4.98 Å². The van der Waals surface area contributed by atoms with Crippen LogP contribution in [0.4, 0.5) is 5.69 Å². The Kier molecular flexibility index (Phi) is 4.06. The summed E-state index contributed by atoms with van der Waals surface area (Å²) in [6, 6.07) is 2.93. The van der Waals surface area contributed by atoms with Crippen LogP contribution in [0, 0.1) is 12.3 Å². The molecule has 1 amide bonds. The van der Waals surface area contributed by atoms with E-state index in [2.05, 4.69) is 10.9 Å². The second-order valence-electron chi connectivity index (χ2n) is 3.24. The molecule has 0 radical (unpaired) electrons. The summed E-state index contributed by atoms with van der Waals surface area (Å²) in [7, 11) is 0. The Morgan fingerprint density at radius 1 is 1.53 bits per heavy atom. The predicted molar refractivity (Wildman–Crippen MR) is 61.0 cm³/mol. The lowest BCUT2D eigenvalue weighted by molar-refractivity contribution is -0.137. The highest BCUT2D eigenvalue weighted by molar-refractivity contribution is 5.94. The van der Waals surface area contributed by atoms with Crippen LogP contribution < -0.4 is 5.73 Å². The first-order chi connectivity index (χ1) is 8.04. The van der Waals surface area contributed by atoms with Gasteiger partial charge in [-0.2, -0.15) is 0 Å². The molecule has 1 rings (SSSR count). The van der Waals surface area contributed by atoms with Crippen molar-refractivity contribution in [2.45, 2.75) is 0 Å². The molecule has 1 aromatic rings. The largest absolute Gasteiger partial charge is 0.480 e. The number of carboxylic acids is 1. The number of carboxylic acid groups (broad SMARTS) is 1. The van der Waals surface area contributed by atoms with Gasteiger partial charge in [0.2, 0.25) is 0 Å². The maximum atomic E-state index is 11.8. The van der Waals surface area contributed by atoms with Crippen molar-refractivity contribution in [1.29, 1.82) is 0 Å². The molecule has 17 heavy (non-hydrogen) atoms. The summed E-state index contributed by atoms with van der Waals surface area (Å²) in [6.07, 6.45) is 6.39. The Hall–Kier alpha value is -2.55. The van der Waals surface area contributed by atoms with Gasteiger partial charge in [-0.05, 0) is 12.1 Å². The average molecular weight is 233 g/mol. The summed E-state index contributed by atoms with van der Waals surface area (Å²) in [5.74, 6) is 0.553. The van der Waals surface area contributed by atoms with Crippen LogP contribution in [-0.2, 0) is 4.79 Å². The number of carbonyl (C=O) groups excluding carboxylic acids is 1. The van der Waals surface area contributed by atoms with Gasteiger partial charge in [-0.15, -0.1) is 6.42 Å². The van der Waals surface area contributed by atoms with Crippen LogP contribution in [0.3, 0.4) is 0 Å². The lowest BCUT2D eigenvalue weighted by Crippen LogP contribution is -2.36. The molecular weight excluding hydrogens is 222 g/mol. The lowest BCUT2D eigenvalue weighted by Gasteiger charge is -2.17. The molecule has 6 nitrogen and oxygen atoms in total. The summed E-state index contributed by atoms with van der Waals surface area (Å²) >= 11 is 0. The maximum Gasteiger partial charge on any atom is 0.323 e. The van der Waals surface area contributed by atoms with E-state index in [0.29, 0.717) is 5.69 Å². The molecule has 0 aliphatic rings. The van der Waals surface area contributed by atoms with Crippen LogP contribution in [0.15, 0.2) is 18.3 Å². The SMILES string of the molecule is C#CCN(CC(=O)O)C(=O)c1ccc(N)cn1. The standard InChI is InChI=1S/C11H11N3O3/c1-2-5-14(7-10(15)16)11(17)9-4-3-8(12)6-13-9/h1,3-4,6H,5,7,12H2,(H,15,16). The molecule has 0 aliphatic carbocycles. The minimum Gasteiger partial charge on any atom is -0.480 e. The van der Waals surface area contributed by atoms with Gasteiger partial charge in [0.15, 0.2) is 0 Å². The van der Waals surface area contributed by atoms with Crippen LogP contribution in [0.25, 0.3) is 0 Å². The summed E-state index contributed by atoms with van der Waals surface area (Å²) in [4.78, 5) is 27.2. The molecule has 0 saturated heterocycles. The van der Waals surface area contributed by atoms with E-state index < -0.39 is 18.4 Å². The highest BCUT2D eigenvalue weighted by Crippen LogP contribution is 2.04. The van der Waals surface area contributed by atoms with Crippen LogP contribution in [0.2, 0.25) is 0 Å². The average Bonchev–Trinajstić information content (AvgIpc) is 2.28. The second-order valence-corrected chi connectivity index (χ2v) is 3.24. The summed E-state index contributed by atoms with van der Waals surface area (Å²) in [5, 5.41) is 8.65. The third kappa shape index (κ3) is 3.50. The highest BCUT2D eigenvalue weighted by atomic mass is 16.4.